The van der Waals surface area contributed by atoms with Crippen LogP contribution >= 0.6 is 22.7 Å². The zero-order valence-electron chi connectivity index (χ0n) is 10.9. The molecule has 0 aromatic carbocycles. The summed E-state index contributed by atoms with van der Waals surface area (Å²) in [6.45, 7) is 2.80. The first-order chi connectivity index (χ1) is 9.50. The second-order valence-electron chi connectivity index (χ2n) is 4.41. The molecule has 1 atom stereocenters. The lowest BCUT2D eigenvalue weighted by molar-refractivity contribution is -0.137. The van der Waals surface area contributed by atoms with Crippen LogP contribution in [0.5, 0.6) is 0 Å². The van der Waals surface area contributed by atoms with Gasteiger partial charge >= 0.3 is 6.18 Å². The van der Waals surface area contributed by atoms with Gasteiger partial charge in [0.25, 0.3) is 0 Å². The van der Waals surface area contributed by atoms with E-state index in [2.05, 4.69) is 10.3 Å². The van der Waals surface area contributed by atoms with Crippen LogP contribution in [0, 0.1) is 0 Å². The number of aromatic nitrogens is 1. The van der Waals surface area contributed by atoms with E-state index >= 15 is 0 Å². The van der Waals surface area contributed by atoms with E-state index in [4.69, 9.17) is 0 Å². The lowest BCUT2D eigenvalue weighted by Crippen LogP contribution is -2.23. The number of halogens is 3. The summed E-state index contributed by atoms with van der Waals surface area (Å²) >= 11 is 2.32. The molecular weight excluding hydrogens is 305 g/mol. The molecule has 2 aromatic heterocycles. The summed E-state index contributed by atoms with van der Waals surface area (Å²) in [5, 5.41) is 6.51. The van der Waals surface area contributed by atoms with Gasteiger partial charge < -0.3 is 5.32 Å². The van der Waals surface area contributed by atoms with Crippen molar-refractivity contribution < 1.29 is 13.2 Å². The summed E-state index contributed by atoms with van der Waals surface area (Å²) < 4.78 is 37.9. The Kier molecular flexibility index (Phi) is 5.17. The lowest BCUT2D eigenvalue weighted by atomic mass is 10.1. The van der Waals surface area contributed by atoms with Gasteiger partial charge in [0, 0.05) is 17.1 Å². The normalized spacial score (nSPS) is 13.6. The Morgan fingerprint density at radius 3 is 2.75 bits per heavy atom. The van der Waals surface area contributed by atoms with Gasteiger partial charge in [0.15, 0.2) is 5.01 Å². The van der Waals surface area contributed by atoms with Crippen molar-refractivity contribution in [1.82, 2.24) is 10.3 Å². The van der Waals surface area contributed by atoms with Crippen LogP contribution in [0.3, 0.4) is 0 Å². The number of alkyl halides is 3. The van der Waals surface area contributed by atoms with E-state index in [1.807, 2.05) is 23.8 Å². The minimum Gasteiger partial charge on any atom is -0.309 e. The van der Waals surface area contributed by atoms with Gasteiger partial charge in [-0.2, -0.15) is 24.5 Å². The standard InChI is InChI=1S/C13H15F3N2S2/c1-2-4-17-10(6-9-3-5-19-8-9)11-7-18-12(20-11)13(14,15)16/h3,5,7-8,10,17H,2,4,6H2,1H3. The third-order valence-corrected chi connectivity index (χ3v) is 4.66. The third-order valence-electron chi connectivity index (χ3n) is 2.77. The van der Waals surface area contributed by atoms with Crippen LogP contribution in [0.25, 0.3) is 0 Å². The third kappa shape index (κ3) is 4.04. The maximum Gasteiger partial charge on any atom is 0.443 e. The Hall–Kier alpha value is -0.920. The maximum absolute atomic E-state index is 12.6. The van der Waals surface area contributed by atoms with Gasteiger partial charge in [-0.3, -0.25) is 0 Å². The molecule has 2 heterocycles. The first-order valence-electron chi connectivity index (χ1n) is 6.28. The largest absolute Gasteiger partial charge is 0.443 e. The van der Waals surface area contributed by atoms with Crippen molar-refractivity contribution in [2.24, 2.45) is 0 Å². The number of thiazole rings is 1. The molecular formula is C13H15F3N2S2. The van der Waals surface area contributed by atoms with Crippen molar-refractivity contribution in [3.8, 4) is 0 Å². The van der Waals surface area contributed by atoms with Crippen LogP contribution in [-0.4, -0.2) is 11.5 Å². The molecule has 0 spiro atoms. The average molecular weight is 320 g/mol. The van der Waals surface area contributed by atoms with E-state index in [9.17, 15) is 13.2 Å². The summed E-state index contributed by atoms with van der Waals surface area (Å²) in [4.78, 5) is 4.14. The Labute approximate surface area is 123 Å². The highest BCUT2D eigenvalue weighted by Crippen LogP contribution is 2.35. The Bertz CT molecular complexity index is 520. The van der Waals surface area contributed by atoms with Gasteiger partial charge in [-0.05, 0) is 41.8 Å². The number of thiophene rings is 1. The molecule has 20 heavy (non-hydrogen) atoms. The van der Waals surface area contributed by atoms with Crippen LogP contribution in [0.2, 0.25) is 0 Å². The smallest absolute Gasteiger partial charge is 0.309 e. The zero-order valence-corrected chi connectivity index (χ0v) is 12.5. The fraction of sp³-hybridized carbons (Fsp3) is 0.462. The average Bonchev–Trinajstić information content (AvgIpc) is 3.04. The monoisotopic (exact) mass is 320 g/mol. The van der Waals surface area contributed by atoms with Crippen LogP contribution in [0.15, 0.2) is 23.0 Å². The quantitative estimate of drug-likeness (QED) is 0.847. The molecule has 0 aliphatic rings. The molecule has 1 N–H and O–H groups in total. The minimum atomic E-state index is -4.36. The summed E-state index contributed by atoms with van der Waals surface area (Å²) in [6.07, 6.45) is -1.40. The predicted octanol–water partition coefficient (Wildman–Crippen LogP) is 4.51. The van der Waals surface area contributed by atoms with Gasteiger partial charge in [-0.1, -0.05) is 6.92 Å². The molecule has 7 heteroatoms. The SMILES string of the molecule is CCCNC(Cc1ccsc1)c1cnc(C(F)(F)F)s1. The molecule has 0 fully saturated rings. The molecule has 2 aromatic rings. The number of nitrogens with zero attached hydrogens (tertiary/aromatic N) is 1. The molecule has 0 aliphatic carbocycles. The molecule has 0 saturated heterocycles. The second kappa shape index (κ2) is 6.69. The molecule has 0 aliphatic heterocycles. The van der Waals surface area contributed by atoms with E-state index in [1.165, 1.54) is 6.20 Å². The molecule has 0 radical (unpaired) electrons. The Morgan fingerprint density at radius 1 is 1.40 bits per heavy atom. The first kappa shape index (κ1) is 15.5. The fourth-order valence-electron chi connectivity index (χ4n) is 1.82. The number of hydrogen-bond donors (Lipinski definition) is 1. The summed E-state index contributed by atoms with van der Waals surface area (Å²) in [5.74, 6) is 0. The van der Waals surface area contributed by atoms with Crippen LogP contribution in [0.1, 0.15) is 34.8 Å². The Morgan fingerprint density at radius 2 is 2.20 bits per heavy atom. The van der Waals surface area contributed by atoms with E-state index in [1.54, 1.807) is 11.3 Å². The molecule has 2 rings (SSSR count). The molecule has 2 nitrogen and oxygen atoms in total. The van der Waals surface area contributed by atoms with E-state index in [0.717, 1.165) is 29.9 Å². The zero-order chi connectivity index (χ0) is 14.6. The molecule has 1 unspecified atom stereocenters. The lowest BCUT2D eigenvalue weighted by Gasteiger charge is -2.16. The van der Waals surface area contributed by atoms with Gasteiger partial charge in [0.2, 0.25) is 0 Å². The van der Waals surface area contributed by atoms with Crippen molar-refractivity contribution in [3.63, 3.8) is 0 Å². The number of rotatable bonds is 6. The van der Waals surface area contributed by atoms with Gasteiger partial charge in [-0.25, -0.2) is 4.98 Å². The number of hydrogen-bond acceptors (Lipinski definition) is 4. The fourth-order valence-corrected chi connectivity index (χ4v) is 3.36. The van der Waals surface area contributed by atoms with E-state index in [-0.39, 0.29) is 6.04 Å². The molecule has 0 amide bonds. The predicted molar refractivity (Wildman–Crippen MR) is 76.2 cm³/mol. The number of nitrogens with one attached hydrogen (secondary N) is 1. The van der Waals surface area contributed by atoms with Crippen LogP contribution in [-0.2, 0) is 12.6 Å². The van der Waals surface area contributed by atoms with Crippen molar-refractivity contribution in [2.75, 3.05) is 6.54 Å². The highest BCUT2D eigenvalue weighted by molar-refractivity contribution is 7.11. The van der Waals surface area contributed by atoms with Crippen molar-refractivity contribution >= 4 is 22.7 Å². The first-order valence-corrected chi connectivity index (χ1v) is 8.04. The van der Waals surface area contributed by atoms with Crippen molar-refractivity contribution in [3.05, 3.63) is 38.5 Å². The molecule has 0 saturated carbocycles. The summed E-state index contributed by atoms with van der Waals surface area (Å²) in [6, 6.07) is 1.88. The minimum absolute atomic E-state index is 0.113. The summed E-state index contributed by atoms with van der Waals surface area (Å²) in [7, 11) is 0. The molecule has 110 valence electrons. The highest BCUT2D eigenvalue weighted by Gasteiger charge is 2.35. The van der Waals surface area contributed by atoms with Gasteiger partial charge in [0.1, 0.15) is 0 Å². The van der Waals surface area contributed by atoms with E-state index < -0.39 is 11.2 Å². The van der Waals surface area contributed by atoms with Crippen LogP contribution in [0.4, 0.5) is 13.2 Å². The van der Waals surface area contributed by atoms with Crippen molar-refractivity contribution in [2.45, 2.75) is 32.0 Å². The maximum atomic E-state index is 12.6. The Balaban J connectivity index is 2.15. The highest BCUT2D eigenvalue weighted by atomic mass is 32.1. The molecule has 0 bridgehead atoms. The van der Waals surface area contributed by atoms with Gasteiger partial charge in [0.05, 0.1) is 0 Å². The van der Waals surface area contributed by atoms with Crippen LogP contribution < -0.4 is 5.32 Å². The van der Waals surface area contributed by atoms with E-state index in [0.29, 0.717) is 11.3 Å². The van der Waals surface area contributed by atoms with Crippen molar-refractivity contribution in [1.29, 1.82) is 0 Å². The topological polar surface area (TPSA) is 24.9 Å². The summed E-state index contributed by atoms with van der Waals surface area (Å²) in [5.41, 5.74) is 1.13. The second-order valence-corrected chi connectivity index (χ2v) is 6.25. The van der Waals surface area contributed by atoms with Gasteiger partial charge in [-0.15, -0.1) is 11.3 Å².